The minimum absolute atomic E-state index is 0.304. The van der Waals surface area contributed by atoms with Gasteiger partial charge in [-0.05, 0) is 19.3 Å². The highest BCUT2D eigenvalue weighted by Gasteiger charge is 2.33. The highest BCUT2D eigenvalue weighted by Crippen LogP contribution is 2.15. The summed E-state index contributed by atoms with van der Waals surface area (Å²) < 4.78 is 0. The first-order chi connectivity index (χ1) is 8.10. The van der Waals surface area contributed by atoms with Crippen molar-refractivity contribution in [1.29, 1.82) is 0 Å². The van der Waals surface area contributed by atoms with Crippen LogP contribution in [0.4, 0.5) is 0 Å². The van der Waals surface area contributed by atoms with Gasteiger partial charge in [0.25, 0.3) is 0 Å². The van der Waals surface area contributed by atoms with Crippen LogP contribution in [0, 0.1) is 0 Å². The average Bonchev–Trinajstić information content (AvgIpc) is 2.76. The van der Waals surface area contributed by atoms with Crippen molar-refractivity contribution >= 4 is 19.4 Å². The summed E-state index contributed by atoms with van der Waals surface area (Å²) in [7, 11) is -1.56. The minimum Gasteiger partial charge on any atom is -0.426 e. The van der Waals surface area contributed by atoms with Crippen LogP contribution in [0.1, 0.15) is 32.6 Å². The summed E-state index contributed by atoms with van der Waals surface area (Å²) >= 11 is 0. The lowest BCUT2D eigenvalue weighted by molar-refractivity contribution is -0.131. The molecule has 0 bridgehead atoms. The molecule has 1 fully saturated rings. The molecule has 3 N–H and O–H groups in total. The van der Waals surface area contributed by atoms with Crippen LogP contribution in [-0.4, -0.2) is 52.9 Å². The Morgan fingerprint density at radius 1 is 1.65 bits per heavy atom. The second kappa shape index (κ2) is 6.61. The molecule has 1 aliphatic heterocycles. The van der Waals surface area contributed by atoms with Crippen molar-refractivity contribution in [2.75, 3.05) is 6.54 Å². The third kappa shape index (κ3) is 3.71. The summed E-state index contributed by atoms with van der Waals surface area (Å²) in [6.45, 7) is 2.48. The summed E-state index contributed by atoms with van der Waals surface area (Å²) in [6.07, 6.45) is 3.34. The fourth-order valence-corrected chi connectivity index (χ4v) is 2.08. The van der Waals surface area contributed by atoms with Crippen molar-refractivity contribution in [2.24, 2.45) is 0 Å². The van der Waals surface area contributed by atoms with Gasteiger partial charge in [-0.3, -0.25) is 9.59 Å². The van der Waals surface area contributed by atoms with E-state index in [0.717, 1.165) is 12.8 Å². The van der Waals surface area contributed by atoms with Crippen LogP contribution in [0.15, 0.2) is 0 Å². The Kier molecular flexibility index (Phi) is 5.44. The summed E-state index contributed by atoms with van der Waals surface area (Å²) in [5.41, 5.74) is 0. The van der Waals surface area contributed by atoms with Crippen LogP contribution < -0.4 is 5.32 Å². The van der Waals surface area contributed by atoms with Crippen molar-refractivity contribution < 1.29 is 19.6 Å². The number of nitrogens with one attached hydrogen (secondary N) is 1. The zero-order valence-corrected chi connectivity index (χ0v) is 10.0. The van der Waals surface area contributed by atoms with Gasteiger partial charge in [-0.2, -0.15) is 0 Å². The SMILES string of the molecule is CCCC(NC(=O)C1CCCN1C=O)B(O)O. The molecule has 7 heteroatoms. The van der Waals surface area contributed by atoms with Crippen molar-refractivity contribution in [2.45, 2.75) is 44.6 Å². The van der Waals surface area contributed by atoms with E-state index in [0.29, 0.717) is 25.8 Å². The van der Waals surface area contributed by atoms with Gasteiger partial charge in [0.2, 0.25) is 12.3 Å². The van der Waals surface area contributed by atoms with Crippen molar-refractivity contribution in [3.63, 3.8) is 0 Å². The topological polar surface area (TPSA) is 89.9 Å². The van der Waals surface area contributed by atoms with Crippen molar-refractivity contribution in [1.82, 2.24) is 10.2 Å². The largest absolute Gasteiger partial charge is 0.475 e. The summed E-state index contributed by atoms with van der Waals surface area (Å²) in [6, 6.07) is -0.467. The molecule has 1 heterocycles. The van der Waals surface area contributed by atoms with E-state index < -0.39 is 19.1 Å². The predicted molar refractivity (Wildman–Crippen MR) is 62.8 cm³/mol. The second-order valence-electron chi connectivity index (χ2n) is 4.32. The summed E-state index contributed by atoms with van der Waals surface area (Å²) in [5.74, 6) is -0.970. The van der Waals surface area contributed by atoms with E-state index in [1.807, 2.05) is 6.92 Å². The van der Waals surface area contributed by atoms with Gasteiger partial charge < -0.3 is 20.3 Å². The molecule has 0 aromatic heterocycles. The molecular formula is C10H19BN2O4. The first-order valence-corrected chi connectivity index (χ1v) is 5.97. The number of hydrogen-bond donors (Lipinski definition) is 3. The third-order valence-electron chi connectivity index (χ3n) is 3.02. The Labute approximate surface area is 101 Å². The smallest absolute Gasteiger partial charge is 0.426 e. The quantitative estimate of drug-likeness (QED) is 0.407. The van der Waals surface area contributed by atoms with Gasteiger partial charge in [0.05, 0.1) is 5.94 Å². The molecule has 2 unspecified atom stereocenters. The van der Waals surface area contributed by atoms with Crippen LogP contribution >= 0.6 is 0 Å². The van der Waals surface area contributed by atoms with E-state index in [1.165, 1.54) is 4.90 Å². The molecule has 0 saturated carbocycles. The maximum atomic E-state index is 11.9. The van der Waals surface area contributed by atoms with E-state index >= 15 is 0 Å². The molecule has 0 radical (unpaired) electrons. The lowest BCUT2D eigenvalue weighted by Crippen LogP contribution is -2.52. The Morgan fingerprint density at radius 3 is 2.88 bits per heavy atom. The zero-order chi connectivity index (χ0) is 12.8. The van der Waals surface area contributed by atoms with Crippen LogP contribution in [-0.2, 0) is 9.59 Å². The first-order valence-electron chi connectivity index (χ1n) is 5.97. The van der Waals surface area contributed by atoms with E-state index in [9.17, 15) is 9.59 Å². The van der Waals surface area contributed by atoms with Crippen LogP contribution in [0.3, 0.4) is 0 Å². The highest BCUT2D eigenvalue weighted by molar-refractivity contribution is 6.43. The molecule has 1 rings (SSSR count). The number of hydrogen-bond acceptors (Lipinski definition) is 4. The Bertz CT molecular complexity index is 275. The van der Waals surface area contributed by atoms with E-state index in [2.05, 4.69) is 5.32 Å². The number of amides is 2. The fourth-order valence-electron chi connectivity index (χ4n) is 2.08. The summed E-state index contributed by atoms with van der Waals surface area (Å²) in [4.78, 5) is 24.0. The third-order valence-corrected chi connectivity index (χ3v) is 3.02. The summed E-state index contributed by atoms with van der Waals surface area (Å²) in [5, 5.41) is 20.8. The Morgan fingerprint density at radius 2 is 2.35 bits per heavy atom. The van der Waals surface area contributed by atoms with E-state index in [1.54, 1.807) is 0 Å². The van der Waals surface area contributed by atoms with E-state index in [4.69, 9.17) is 10.0 Å². The lowest BCUT2D eigenvalue weighted by Gasteiger charge is -2.23. The Hall–Kier alpha value is -1.08. The first kappa shape index (κ1) is 14.0. The molecule has 1 saturated heterocycles. The fraction of sp³-hybridized carbons (Fsp3) is 0.800. The Balaban J connectivity index is 2.54. The maximum absolute atomic E-state index is 11.9. The number of carbonyl (C=O) groups is 2. The maximum Gasteiger partial charge on any atom is 0.475 e. The van der Waals surface area contributed by atoms with Gasteiger partial charge in [0.15, 0.2) is 0 Å². The minimum atomic E-state index is -1.56. The molecule has 0 aromatic rings. The number of nitrogens with zero attached hydrogens (tertiary/aromatic N) is 1. The highest BCUT2D eigenvalue weighted by atomic mass is 16.4. The molecule has 2 amide bonds. The van der Waals surface area contributed by atoms with Gasteiger partial charge in [-0.25, -0.2) is 0 Å². The normalized spacial score (nSPS) is 21.1. The monoisotopic (exact) mass is 242 g/mol. The molecule has 2 atom stereocenters. The van der Waals surface area contributed by atoms with E-state index in [-0.39, 0.29) is 5.91 Å². The van der Waals surface area contributed by atoms with Gasteiger partial charge in [0, 0.05) is 6.54 Å². The average molecular weight is 242 g/mol. The van der Waals surface area contributed by atoms with Crippen LogP contribution in [0.25, 0.3) is 0 Å². The number of carbonyl (C=O) groups excluding carboxylic acids is 2. The lowest BCUT2D eigenvalue weighted by atomic mass is 9.76. The molecule has 17 heavy (non-hydrogen) atoms. The standard InChI is InChI=1S/C10H19BN2O4/c1-2-4-9(11(16)17)12-10(15)8-5-3-6-13(8)7-14/h7-9,16-17H,2-6H2,1H3,(H,12,15). The second-order valence-corrected chi connectivity index (χ2v) is 4.32. The predicted octanol–water partition coefficient (Wildman–Crippen LogP) is -1.10. The van der Waals surface area contributed by atoms with Gasteiger partial charge >= 0.3 is 7.12 Å². The molecule has 6 nitrogen and oxygen atoms in total. The van der Waals surface area contributed by atoms with Gasteiger partial charge in [-0.15, -0.1) is 0 Å². The van der Waals surface area contributed by atoms with Gasteiger partial charge in [-0.1, -0.05) is 13.3 Å². The zero-order valence-electron chi connectivity index (χ0n) is 10.0. The van der Waals surface area contributed by atoms with Crippen LogP contribution in [0.2, 0.25) is 0 Å². The molecule has 1 aliphatic rings. The van der Waals surface area contributed by atoms with Crippen molar-refractivity contribution in [3.05, 3.63) is 0 Å². The van der Waals surface area contributed by atoms with Crippen molar-refractivity contribution in [3.8, 4) is 0 Å². The number of likely N-dealkylation sites (tertiary alicyclic amines) is 1. The molecular weight excluding hydrogens is 223 g/mol. The van der Waals surface area contributed by atoms with Crippen LogP contribution in [0.5, 0.6) is 0 Å². The molecule has 0 aliphatic carbocycles. The molecule has 0 aromatic carbocycles. The number of rotatable bonds is 6. The van der Waals surface area contributed by atoms with Gasteiger partial charge in [0.1, 0.15) is 6.04 Å². The molecule has 96 valence electrons. The molecule has 0 spiro atoms.